The van der Waals surface area contributed by atoms with Crippen LogP contribution >= 0.6 is 0 Å². The van der Waals surface area contributed by atoms with Gasteiger partial charge in [0.1, 0.15) is 5.69 Å². The van der Waals surface area contributed by atoms with E-state index in [0.717, 1.165) is 12.1 Å². The van der Waals surface area contributed by atoms with Gasteiger partial charge in [-0.3, -0.25) is 9.78 Å². The number of hydrogen-bond donors (Lipinski definition) is 1. The van der Waals surface area contributed by atoms with Crippen molar-refractivity contribution >= 4 is 5.91 Å². The van der Waals surface area contributed by atoms with E-state index in [9.17, 15) is 4.79 Å². The van der Waals surface area contributed by atoms with Crippen molar-refractivity contribution in [1.29, 1.82) is 0 Å². The molecule has 1 amide bonds. The maximum atomic E-state index is 12.6. The zero-order chi connectivity index (χ0) is 14.8. The second-order valence-electron chi connectivity index (χ2n) is 5.49. The Bertz CT molecular complexity index is 625. The molecule has 3 heterocycles. The Morgan fingerprint density at radius 1 is 1.48 bits per heavy atom. The summed E-state index contributed by atoms with van der Waals surface area (Å²) in [5.41, 5.74) is 7.01. The lowest BCUT2D eigenvalue weighted by Crippen LogP contribution is -2.35. The molecule has 0 aromatic carbocycles. The Labute approximate surface area is 123 Å². The molecule has 1 aliphatic rings. The molecule has 2 aromatic rings. The van der Waals surface area contributed by atoms with Crippen LogP contribution in [0, 0.1) is 5.92 Å². The molecule has 0 bridgehead atoms. The number of hydrogen-bond acceptors (Lipinski definition) is 4. The van der Waals surface area contributed by atoms with Crippen LogP contribution in [-0.4, -0.2) is 44.7 Å². The van der Waals surface area contributed by atoms with Crippen molar-refractivity contribution in [2.45, 2.75) is 19.4 Å². The molecule has 2 aromatic heterocycles. The highest BCUT2D eigenvalue weighted by Crippen LogP contribution is 2.24. The molecule has 110 valence electrons. The molecule has 0 saturated carbocycles. The fourth-order valence-electron chi connectivity index (χ4n) is 2.84. The molecule has 2 unspecified atom stereocenters. The smallest absolute Gasteiger partial charge is 0.272 e. The number of aromatic nitrogens is 3. The predicted molar refractivity (Wildman–Crippen MR) is 79.0 cm³/mol. The largest absolute Gasteiger partial charge is 0.334 e. The van der Waals surface area contributed by atoms with Crippen LogP contribution in [0.1, 0.15) is 23.8 Å². The van der Waals surface area contributed by atoms with Crippen molar-refractivity contribution in [1.82, 2.24) is 19.7 Å². The molecule has 2 N–H and O–H groups in total. The molecule has 2 atom stereocenters. The van der Waals surface area contributed by atoms with Gasteiger partial charge in [0.15, 0.2) is 0 Å². The average molecular weight is 285 g/mol. The quantitative estimate of drug-likeness (QED) is 0.915. The summed E-state index contributed by atoms with van der Waals surface area (Å²) in [5.74, 6) is 0.353. The minimum atomic E-state index is -0.0348. The third kappa shape index (κ3) is 2.67. The van der Waals surface area contributed by atoms with Gasteiger partial charge >= 0.3 is 0 Å². The molecule has 21 heavy (non-hydrogen) atoms. The normalized spacial score (nSPS) is 21.7. The first-order chi connectivity index (χ1) is 10.2. The number of amides is 1. The second-order valence-corrected chi connectivity index (χ2v) is 5.49. The Morgan fingerprint density at radius 3 is 3.00 bits per heavy atom. The summed E-state index contributed by atoms with van der Waals surface area (Å²) in [5, 5.41) is 4.17. The molecule has 6 heteroatoms. The minimum Gasteiger partial charge on any atom is -0.334 e. The molecule has 6 nitrogen and oxygen atoms in total. The summed E-state index contributed by atoms with van der Waals surface area (Å²) in [7, 11) is 0. The predicted octanol–water partition coefficient (Wildman–Crippen LogP) is 1.08. The van der Waals surface area contributed by atoms with Crippen LogP contribution in [0.4, 0.5) is 0 Å². The summed E-state index contributed by atoms with van der Waals surface area (Å²) < 4.78 is 1.72. The van der Waals surface area contributed by atoms with E-state index in [-0.39, 0.29) is 11.9 Å². The van der Waals surface area contributed by atoms with Gasteiger partial charge in [-0.25, -0.2) is 4.68 Å². The van der Waals surface area contributed by atoms with Crippen LogP contribution in [0.25, 0.3) is 5.69 Å². The standard InChI is InChI=1S/C15H19N5O/c1-11-7-12(9-16)10-19(11)15(21)14-8-13(3-5-17-14)20-6-2-4-18-20/h2-6,8,11-12H,7,9-10,16H2,1H3. The van der Waals surface area contributed by atoms with Gasteiger partial charge in [-0.2, -0.15) is 5.10 Å². The number of nitrogens with zero attached hydrogens (tertiary/aromatic N) is 4. The summed E-state index contributed by atoms with van der Waals surface area (Å²) in [6.45, 7) is 3.39. The lowest BCUT2D eigenvalue weighted by atomic mass is 10.1. The molecule has 1 fully saturated rings. The zero-order valence-electron chi connectivity index (χ0n) is 12.0. The first kappa shape index (κ1) is 13.8. The van der Waals surface area contributed by atoms with Crippen molar-refractivity contribution in [3.8, 4) is 5.69 Å². The molecular formula is C15H19N5O. The van der Waals surface area contributed by atoms with Crippen LogP contribution in [-0.2, 0) is 0 Å². The van der Waals surface area contributed by atoms with Gasteiger partial charge in [-0.1, -0.05) is 0 Å². The third-order valence-electron chi connectivity index (χ3n) is 3.99. The lowest BCUT2D eigenvalue weighted by Gasteiger charge is -2.21. The van der Waals surface area contributed by atoms with E-state index in [1.54, 1.807) is 23.1 Å². The van der Waals surface area contributed by atoms with E-state index in [1.807, 2.05) is 23.2 Å². The highest BCUT2D eigenvalue weighted by molar-refractivity contribution is 5.93. The average Bonchev–Trinajstić information content (AvgIpc) is 3.16. The molecule has 0 aliphatic carbocycles. The zero-order valence-corrected chi connectivity index (χ0v) is 12.0. The molecule has 3 rings (SSSR count). The van der Waals surface area contributed by atoms with Crippen molar-refractivity contribution in [3.63, 3.8) is 0 Å². The summed E-state index contributed by atoms with van der Waals surface area (Å²) in [6, 6.07) is 5.66. The van der Waals surface area contributed by atoms with Crippen LogP contribution in [0.2, 0.25) is 0 Å². The molecule has 1 saturated heterocycles. The minimum absolute atomic E-state index is 0.0348. The maximum absolute atomic E-state index is 12.6. The number of likely N-dealkylation sites (tertiary alicyclic amines) is 1. The Kier molecular flexibility index (Phi) is 3.70. The number of pyridine rings is 1. The van der Waals surface area contributed by atoms with Gasteiger partial charge in [0.2, 0.25) is 0 Å². The highest BCUT2D eigenvalue weighted by Gasteiger charge is 2.32. The van der Waals surface area contributed by atoms with E-state index < -0.39 is 0 Å². The van der Waals surface area contributed by atoms with Gasteiger partial charge in [-0.05, 0) is 44.0 Å². The van der Waals surface area contributed by atoms with Crippen molar-refractivity contribution in [3.05, 3.63) is 42.5 Å². The van der Waals surface area contributed by atoms with Crippen molar-refractivity contribution in [2.24, 2.45) is 11.7 Å². The van der Waals surface area contributed by atoms with E-state index in [2.05, 4.69) is 17.0 Å². The first-order valence-corrected chi connectivity index (χ1v) is 7.16. The van der Waals surface area contributed by atoms with Gasteiger partial charge in [0, 0.05) is 31.2 Å². The Morgan fingerprint density at radius 2 is 2.33 bits per heavy atom. The fourth-order valence-corrected chi connectivity index (χ4v) is 2.84. The topological polar surface area (TPSA) is 77.0 Å². The first-order valence-electron chi connectivity index (χ1n) is 7.16. The van der Waals surface area contributed by atoms with E-state index in [0.29, 0.717) is 24.7 Å². The summed E-state index contributed by atoms with van der Waals surface area (Å²) in [4.78, 5) is 18.7. The molecular weight excluding hydrogens is 266 g/mol. The fraction of sp³-hybridized carbons (Fsp3) is 0.400. The second kappa shape index (κ2) is 5.65. The van der Waals surface area contributed by atoms with Gasteiger partial charge < -0.3 is 10.6 Å². The Hall–Kier alpha value is -2.21. The summed E-state index contributed by atoms with van der Waals surface area (Å²) >= 11 is 0. The van der Waals surface area contributed by atoms with Gasteiger partial charge in [0.05, 0.1) is 5.69 Å². The number of rotatable bonds is 3. The van der Waals surface area contributed by atoms with Crippen LogP contribution in [0.5, 0.6) is 0 Å². The summed E-state index contributed by atoms with van der Waals surface area (Å²) in [6.07, 6.45) is 6.15. The van der Waals surface area contributed by atoms with Gasteiger partial charge in [0.25, 0.3) is 5.91 Å². The molecule has 0 spiro atoms. The van der Waals surface area contributed by atoms with Gasteiger partial charge in [-0.15, -0.1) is 0 Å². The molecule has 1 aliphatic heterocycles. The van der Waals surface area contributed by atoms with Crippen LogP contribution < -0.4 is 5.73 Å². The third-order valence-corrected chi connectivity index (χ3v) is 3.99. The molecule has 0 radical (unpaired) electrons. The van der Waals surface area contributed by atoms with E-state index in [4.69, 9.17) is 5.73 Å². The number of carbonyl (C=O) groups excluding carboxylic acids is 1. The number of carbonyl (C=O) groups is 1. The van der Waals surface area contributed by atoms with E-state index in [1.165, 1.54) is 0 Å². The van der Waals surface area contributed by atoms with Crippen LogP contribution in [0.3, 0.4) is 0 Å². The lowest BCUT2D eigenvalue weighted by molar-refractivity contribution is 0.0737. The highest BCUT2D eigenvalue weighted by atomic mass is 16.2. The monoisotopic (exact) mass is 285 g/mol. The maximum Gasteiger partial charge on any atom is 0.272 e. The van der Waals surface area contributed by atoms with E-state index >= 15 is 0 Å². The number of nitrogens with two attached hydrogens (primary N) is 1. The SMILES string of the molecule is CC1CC(CN)CN1C(=O)c1cc(-n2cccn2)ccn1. The Balaban J connectivity index is 1.84. The van der Waals surface area contributed by atoms with Crippen molar-refractivity contribution < 1.29 is 4.79 Å². The van der Waals surface area contributed by atoms with Crippen LogP contribution in [0.15, 0.2) is 36.8 Å². The van der Waals surface area contributed by atoms with Crippen molar-refractivity contribution in [2.75, 3.05) is 13.1 Å².